The number of rotatable bonds is 4. The Morgan fingerprint density at radius 2 is 2.05 bits per heavy atom. The van der Waals surface area contributed by atoms with E-state index in [1.165, 1.54) is 25.0 Å². The lowest BCUT2D eigenvalue weighted by Crippen LogP contribution is -2.35. The average molecular weight is 274 g/mol. The molecule has 4 heteroatoms. The molecule has 4 nitrogen and oxygen atoms in total. The molecule has 1 saturated carbocycles. The summed E-state index contributed by atoms with van der Waals surface area (Å²) in [4.78, 5) is 11.4. The Balaban J connectivity index is 1.73. The maximum Gasteiger partial charge on any atom is 0.132 e. The van der Waals surface area contributed by atoms with E-state index in [0.717, 1.165) is 31.7 Å². The third-order valence-corrected chi connectivity index (χ3v) is 5.53. The molecule has 1 aliphatic carbocycles. The molecule has 0 radical (unpaired) electrons. The van der Waals surface area contributed by atoms with Gasteiger partial charge in [0.1, 0.15) is 12.1 Å². The van der Waals surface area contributed by atoms with E-state index in [0.29, 0.717) is 17.4 Å². The van der Waals surface area contributed by atoms with Crippen molar-refractivity contribution >= 4 is 5.82 Å². The van der Waals surface area contributed by atoms with Gasteiger partial charge in [-0.3, -0.25) is 0 Å². The second-order valence-corrected chi connectivity index (χ2v) is 6.61. The fraction of sp³-hybridized carbons (Fsp3) is 0.750. The van der Waals surface area contributed by atoms with E-state index >= 15 is 0 Å². The Morgan fingerprint density at radius 3 is 2.65 bits per heavy atom. The topological polar surface area (TPSA) is 55.0 Å². The summed E-state index contributed by atoms with van der Waals surface area (Å²) in [5.41, 5.74) is 7.56. The van der Waals surface area contributed by atoms with Crippen LogP contribution in [0.5, 0.6) is 0 Å². The molecule has 20 heavy (non-hydrogen) atoms. The number of aromatic nitrogens is 2. The SMILES string of the molecule is CCC1(CC)CCN(c2cc(C3CC(N)C3)ncn2)C1. The van der Waals surface area contributed by atoms with Crippen LogP contribution in [0.2, 0.25) is 0 Å². The van der Waals surface area contributed by atoms with Gasteiger partial charge in [0.2, 0.25) is 0 Å². The summed E-state index contributed by atoms with van der Waals surface area (Å²) in [6.45, 7) is 6.89. The van der Waals surface area contributed by atoms with Gasteiger partial charge in [-0.2, -0.15) is 0 Å². The minimum absolute atomic E-state index is 0.373. The van der Waals surface area contributed by atoms with E-state index in [9.17, 15) is 0 Å². The molecule has 110 valence electrons. The van der Waals surface area contributed by atoms with Gasteiger partial charge in [0, 0.05) is 36.8 Å². The van der Waals surface area contributed by atoms with Gasteiger partial charge < -0.3 is 10.6 Å². The first-order valence-corrected chi connectivity index (χ1v) is 7.98. The molecule has 0 unspecified atom stereocenters. The van der Waals surface area contributed by atoms with Gasteiger partial charge in [-0.15, -0.1) is 0 Å². The van der Waals surface area contributed by atoms with Crippen LogP contribution < -0.4 is 10.6 Å². The lowest BCUT2D eigenvalue weighted by Gasteiger charge is -2.32. The molecule has 2 aliphatic rings. The molecule has 0 aromatic carbocycles. The van der Waals surface area contributed by atoms with Gasteiger partial charge in [0.05, 0.1) is 0 Å². The molecule has 1 aromatic heterocycles. The van der Waals surface area contributed by atoms with Crippen LogP contribution in [0.15, 0.2) is 12.4 Å². The zero-order valence-electron chi connectivity index (χ0n) is 12.7. The van der Waals surface area contributed by atoms with Gasteiger partial charge in [0.25, 0.3) is 0 Å². The van der Waals surface area contributed by atoms with Crippen molar-refractivity contribution in [1.82, 2.24) is 9.97 Å². The maximum atomic E-state index is 5.88. The van der Waals surface area contributed by atoms with Gasteiger partial charge in [0.15, 0.2) is 0 Å². The summed E-state index contributed by atoms with van der Waals surface area (Å²) in [5, 5.41) is 0. The highest BCUT2D eigenvalue weighted by atomic mass is 15.2. The minimum Gasteiger partial charge on any atom is -0.356 e. The van der Waals surface area contributed by atoms with Crippen molar-refractivity contribution in [3.05, 3.63) is 18.1 Å². The quantitative estimate of drug-likeness (QED) is 0.917. The second-order valence-electron chi connectivity index (χ2n) is 6.61. The molecule has 1 saturated heterocycles. The van der Waals surface area contributed by atoms with Crippen LogP contribution in [-0.2, 0) is 0 Å². The van der Waals surface area contributed by atoms with Crippen LogP contribution in [0, 0.1) is 5.41 Å². The van der Waals surface area contributed by atoms with Crippen molar-refractivity contribution in [2.75, 3.05) is 18.0 Å². The molecule has 3 rings (SSSR count). The first kappa shape index (κ1) is 13.8. The fourth-order valence-electron chi connectivity index (χ4n) is 3.62. The third-order valence-electron chi connectivity index (χ3n) is 5.53. The molecule has 0 bridgehead atoms. The van der Waals surface area contributed by atoms with Crippen LogP contribution in [0.25, 0.3) is 0 Å². The van der Waals surface area contributed by atoms with E-state index in [1.807, 2.05) is 0 Å². The highest BCUT2D eigenvalue weighted by Gasteiger charge is 2.36. The highest BCUT2D eigenvalue weighted by molar-refractivity contribution is 5.42. The smallest absolute Gasteiger partial charge is 0.132 e. The van der Waals surface area contributed by atoms with E-state index in [4.69, 9.17) is 5.73 Å². The molecule has 2 N–H and O–H groups in total. The zero-order valence-corrected chi connectivity index (χ0v) is 12.7. The summed E-state index contributed by atoms with van der Waals surface area (Å²) in [7, 11) is 0. The zero-order chi connectivity index (χ0) is 14.2. The van der Waals surface area contributed by atoms with Crippen LogP contribution in [0.3, 0.4) is 0 Å². The van der Waals surface area contributed by atoms with Crippen LogP contribution >= 0.6 is 0 Å². The first-order chi connectivity index (χ1) is 9.65. The summed E-state index contributed by atoms with van der Waals surface area (Å²) >= 11 is 0. The van der Waals surface area contributed by atoms with E-state index in [-0.39, 0.29) is 0 Å². The van der Waals surface area contributed by atoms with Crippen molar-refractivity contribution < 1.29 is 0 Å². The van der Waals surface area contributed by atoms with Gasteiger partial charge in [-0.25, -0.2) is 9.97 Å². The van der Waals surface area contributed by atoms with Crippen molar-refractivity contribution in [3.8, 4) is 0 Å². The van der Waals surface area contributed by atoms with Crippen LogP contribution in [0.4, 0.5) is 5.82 Å². The molecule has 1 aliphatic heterocycles. The predicted molar refractivity (Wildman–Crippen MR) is 81.8 cm³/mol. The molecule has 0 spiro atoms. The van der Waals surface area contributed by atoms with Gasteiger partial charge in [-0.1, -0.05) is 13.8 Å². The van der Waals surface area contributed by atoms with E-state index < -0.39 is 0 Å². The van der Waals surface area contributed by atoms with Crippen molar-refractivity contribution in [2.24, 2.45) is 11.1 Å². The summed E-state index contributed by atoms with van der Waals surface area (Å²) < 4.78 is 0. The predicted octanol–water partition coefficient (Wildman–Crippen LogP) is 2.70. The normalized spacial score (nSPS) is 28.4. The Hall–Kier alpha value is -1.16. The summed E-state index contributed by atoms with van der Waals surface area (Å²) in [5.74, 6) is 1.66. The molecule has 0 atom stereocenters. The standard InChI is InChI=1S/C16H26N4/c1-3-16(4-2)5-6-20(10-16)15-9-14(18-11-19-15)12-7-13(17)8-12/h9,11-13H,3-8,10,17H2,1-2H3. The van der Waals surface area contributed by atoms with Gasteiger partial charge >= 0.3 is 0 Å². The van der Waals surface area contributed by atoms with Crippen LogP contribution in [0.1, 0.15) is 57.6 Å². The Kier molecular flexibility index (Phi) is 3.67. The van der Waals surface area contributed by atoms with Crippen molar-refractivity contribution in [2.45, 2.75) is 57.9 Å². The highest BCUT2D eigenvalue weighted by Crippen LogP contribution is 2.40. The Bertz CT molecular complexity index is 463. The number of anilines is 1. The molecule has 2 heterocycles. The fourth-order valence-corrected chi connectivity index (χ4v) is 3.62. The summed E-state index contributed by atoms with van der Waals surface area (Å²) in [6, 6.07) is 2.57. The lowest BCUT2D eigenvalue weighted by atomic mass is 9.78. The largest absolute Gasteiger partial charge is 0.356 e. The maximum absolute atomic E-state index is 5.88. The number of hydrogen-bond donors (Lipinski definition) is 1. The van der Waals surface area contributed by atoms with Gasteiger partial charge in [-0.05, 0) is 37.5 Å². The van der Waals surface area contributed by atoms with Crippen molar-refractivity contribution in [3.63, 3.8) is 0 Å². The molecular weight excluding hydrogens is 248 g/mol. The lowest BCUT2D eigenvalue weighted by molar-refractivity contribution is 0.301. The molecule has 2 fully saturated rings. The monoisotopic (exact) mass is 274 g/mol. The Labute approximate surface area is 121 Å². The molecule has 0 amide bonds. The van der Waals surface area contributed by atoms with E-state index in [2.05, 4.69) is 34.8 Å². The van der Waals surface area contributed by atoms with E-state index in [1.54, 1.807) is 6.33 Å². The minimum atomic E-state index is 0.373. The number of nitrogens with two attached hydrogens (primary N) is 1. The van der Waals surface area contributed by atoms with Crippen molar-refractivity contribution in [1.29, 1.82) is 0 Å². The number of nitrogens with zero attached hydrogens (tertiary/aromatic N) is 3. The Morgan fingerprint density at radius 1 is 1.30 bits per heavy atom. The second kappa shape index (κ2) is 5.32. The average Bonchev–Trinajstić information content (AvgIpc) is 2.89. The molecule has 1 aromatic rings. The third kappa shape index (κ3) is 2.41. The summed E-state index contributed by atoms with van der Waals surface area (Å²) in [6.07, 6.45) is 7.68. The van der Waals surface area contributed by atoms with Crippen LogP contribution in [-0.4, -0.2) is 29.1 Å². The number of hydrogen-bond acceptors (Lipinski definition) is 4. The first-order valence-electron chi connectivity index (χ1n) is 7.98. The molecular formula is C16H26N4.